The minimum Gasteiger partial charge on any atom is -0.486 e. The van der Waals surface area contributed by atoms with E-state index in [0.717, 1.165) is 70.6 Å². The van der Waals surface area contributed by atoms with Gasteiger partial charge in [-0.2, -0.15) is 5.26 Å². The number of likely N-dealkylation sites (tertiary alicyclic amines) is 1. The predicted molar refractivity (Wildman–Crippen MR) is 118 cm³/mol. The maximum absolute atomic E-state index is 12.0. The molecule has 2 fully saturated rings. The number of hydrogen-bond donors (Lipinski definition) is 0. The van der Waals surface area contributed by atoms with E-state index in [1.54, 1.807) is 13.2 Å². The number of anilines is 1. The summed E-state index contributed by atoms with van der Waals surface area (Å²) in [7, 11) is 1.73. The zero-order valence-corrected chi connectivity index (χ0v) is 18.8. The Morgan fingerprint density at radius 2 is 2.03 bits per heavy atom. The number of fused-ring (bicyclic) bond motifs is 1. The smallest absolute Gasteiger partial charge is 0.294 e. The molecule has 31 heavy (non-hydrogen) atoms. The molecule has 0 aromatic heterocycles. The summed E-state index contributed by atoms with van der Waals surface area (Å²) in [6, 6.07) is 3.89. The van der Waals surface area contributed by atoms with E-state index in [4.69, 9.17) is 9.47 Å². The van der Waals surface area contributed by atoms with E-state index in [1.165, 1.54) is 0 Å². The Bertz CT molecular complexity index is 900. The average Bonchev–Trinajstić information content (AvgIpc) is 3.05. The number of rotatable bonds is 5. The minimum atomic E-state index is -0.460. The van der Waals surface area contributed by atoms with Crippen molar-refractivity contribution in [1.29, 1.82) is 5.26 Å². The van der Waals surface area contributed by atoms with Crippen molar-refractivity contribution in [1.82, 2.24) is 4.90 Å². The van der Waals surface area contributed by atoms with Crippen molar-refractivity contribution in [3.63, 3.8) is 0 Å². The van der Waals surface area contributed by atoms with Crippen LogP contribution in [0.2, 0.25) is 0 Å². The molecule has 4 rings (SSSR count). The van der Waals surface area contributed by atoms with Crippen LogP contribution in [0.3, 0.4) is 0 Å². The second kappa shape index (κ2) is 8.29. The number of ether oxygens (including phenoxy) is 2. The molecule has 3 aliphatic rings. The normalized spacial score (nSPS) is 22.1. The molecule has 1 spiro atoms. The van der Waals surface area contributed by atoms with E-state index in [-0.39, 0.29) is 16.0 Å². The van der Waals surface area contributed by atoms with E-state index in [9.17, 15) is 15.4 Å². The van der Waals surface area contributed by atoms with Gasteiger partial charge >= 0.3 is 0 Å². The number of nitrogens with zero attached hydrogens (tertiary/aromatic N) is 4. The maximum Gasteiger partial charge on any atom is 0.294 e. The molecule has 3 aliphatic heterocycles. The lowest BCUT2D eigenvalue weighted by Crippen LogP contribution is -2.50. The van der Waals surface area contributed by atoms with Gasteiger partial charge in [0, 0.05) is 44.8 Å². The Kier molecular flexibility index (Phi) is 5.84. The number of piperidine rings is 2. The Labute approximate surface area is 183 Å². The zero-order valence-electron chi connectivity index (χ0n) is 18.8. The largest absolute Gasteiger partial charge is 0.486 e. The van der Waals surface area contributed by atoms with Crippen molar-refractivity contribution in [2.75, 3.05) is 51.3 Å². The van der Waals surface area contributed by atoms with Crippen molar-refractivity contribution in [3.05, 3.63) is 27.3 Å². The Morgan fingerprint density at radius 1 is 1.29 bits per heavy atom. The second-order valence-corrected chi connectivity index (χ2v) is 9.87. The first-order valence-corrected chi connectivity index (χ1v) is 11.2. The van der Waals surface area contributed by atoms with Crippen LogP contribution in [-0.2, 0) is 11.2 Å². The van der Waals surface area contributed by atoms with Gasteiger partial charge in [0.15, 0.2) is 0 Å². The fourth-order valence-corrected chi connectivity index (χ4v) is 5.56. The third-order valence-corrected chi connectivity index (χ3v) is 7.12. The van der Waals surface area contributed by atoms with Gasteiger partial charge in [0.1, 0.15) is 28.7 Å². The predicted octanol–water partition coefficient (Wildman–Crippen LogP) is 3.51. The molecule has 0 aliphatic carbocycles. The molecule has 0 radical (unpaired) electrons. The monoisotopic (exact) mass is 428 g/mol. The van der Waals surface area contributed by atoms with Gasteiger partial charge in [0.05, 0.1) is 11.5 Å². The van der Waals surface area contributed by atoms with E-state index in [0.29, 0.717) is 23.4 Å². The van der Waals surface area contributed by atoms with Crippen LogP contribution in [-0.4, -0.2) is 61.9 Å². The van der Waals surface area contributed by atoms with Gasteiger partial charge in [0.2, 0.25) is 0 Å². The summed E-state index contributed by atoms with van der Waals surface area (Å²) in [6.45, 7) is 9.11. The second-order valence-electron chi connectivity index (χ2n) is 9.87. The van der Waals surface area contributed by atoms with Gasteiger partial charge in [0.25, 0.3) is 5.69 Å². The molecule has 0 atom stereocenters. The first-order valence-electron chi connectivity index (χ1n) is 11.2. The van der Waals surface area contributed by atoms with Crippen LogP contribution in [0.1, 0.15) is 50.7 Å². The van der Waals surface area contributed by atoms with Gasteiger partial charge < -0.3 is 19.3 Å². The van der Waals surface area contributed by atoms with Gasteiger partial charge in [-0.3, -0.25) is 10.1 Å². The molecule has 0 saturated carbocycles. The van der Waals surface area contributed by atoms with Crippen LogP contribution in [0.5, 0.6) is 5.75 Å². The van der Waals surface area contributed by atoms with Crippen LogP contribution in [0.15, 0.2) is 6.07 Å². The topological polar surface area (TPSA) is 91.9 Å². The minimum absolute atomic E-state index is 0.0335. The molecule has 1 aromatic rings. The SMILES string of the molecule is COCCN1CCC2(CCCN(c3c([N+](=O)[O-])cc4c(c3C#N)OC(C)(C)C4)C2)CC1. The highest BCUT2D eigenvalue weighted by molar-refractivity contribution is 5.78. The maximum atomic E-state index is 12.0. The molecule has 1 aromatic carbocycles. The molecule has 3 heterocycles. The van der Waals surface area contributed by atoms with Gasteiger partial charge in [-0.05, 0) is 58.0 Å². The highest BCUT2D eigenvalue weighted by Crippen LogP contribution is 2.49. The van der Waals surface area contributed by atoms with Gasteiger partial charge in [-0.25, -0.2) is 0 Å². The lowest BCUT2D eigenvalue weighted by molar-refractivity contribution is -0.384. The summed E-state index contributed by atoms with van der Waals surface area (Å²) in [5.74, 6) is 0.530. The molecule has 8 nitrogen and oxygen atoms in total. The quantitative estimate of drug-likeness (QED) is 0.523. The molecule has 168 valence electrons. The average molecular weight is 429 g/mol. The van der Waals surface area contributed by atoms with Crippen molar-refractivity contribution in [2.45, 2.75) is 51.6 Å². The third-order valence-electron chi connectivity index (χ3n) is 7.12. The summed E-state index contributed by atoms with van der Waals surface area (Å²) in [4.78, 5) is 16.2. The lowest BCUT2D eigenvalue weighted by Gasteiger charge is -2.48. The molecule has 0 amide bonds. The summed E-state index contributed by atoms with van der Waals surface area (Å²) < 4.78 is 11.3. The Hall–Kier alpha value is -2.37. The molecular formula is C23H32N4O4. The molecular weight excluding hydrogens is 396 g/mol. The van der Waals surface area contributed by atoms with Crippen molar-refractivity contribution in [3.8, 4) is 11.8 Å². The molecule has 2 saturated heterocycles. The highest BCUT2D eigenvalue weighted by atomic mass is 16.6. The van der Waals surface area contributed by atoms with E-state index < -0.39 is 5.60 Å². The standard InChI is InChI=1S/C23H32N4O4/c1-22(2)14-17-13-19(27(28)29)20(18(15-24)21(17)31-22)26-8-4-5-23(16-26)6-9-25(10-7-23)11-12-30-3/h13H,4-12,14,16H2,1-3H3. The number of benzene rings is 1. The number of nitriles is 1. The van der Waals surface area contributed by atoms with E-state index >= 15 is 0 Å². The number of hydrogen-bond acceptors (Lipinski definition) is 7. The van der Waals surface area contributed by atoms with Crippen molar-refractivity contribution < 1.29 is 14.4 Å². The molecule has 0 bridgehead atoms. The van der Waals surface area contributed by atoms with Crippen LogP contribution >= 0.6 is 0 Å². The van der Waals surface area contributed by atoms with E-state index in [2.05, 4.69) is 15.9 Å². The van der Waals surface area contributed by atoms with Crippen LogP contribution in [0, 0.1) is 26.9 Å². The fourth-order valence-electron chi connectivity index (χ4n) is 5.56. The molecule has 0 N–H and O–H groups in total. The number of nitro benzene ring substituents is 1. The van der Waals surface area contributed by atoms with Crippen LogP contribution in [0.25, 0.3) is 0 Å². The molecule has 0 unspecified atom stereocenters. The lowest BCUT2D eigenvalue weighted by atomic mass is 9.72. The number of methoxy groups -OCH3 is 1. The van der Waals surface area contributed by atoms with Crippen LogP contribution in [0.4, 0.5) is 11.4 Å². The first-order chi connectivity index (χ1) is 14.8. The fraction of sp³-hybridized carbons (Fsp3) is 0.696. The summed E-state index contributed by atoms with van der Waals surface area (Å²) in [5, 5.41) is 22.0. The summed E-state index contributed by atoms with van der Waals surface area (Å²) >= 11 is 0. The van der Waals surface area contributed by atoms with E-state index in [1.807, 2.05) is 13.8 Å². The Balaban J connectivity index is 1.64. The van der Waals surface area contributed by atoms with Crippen LogP contribution < -0.4 is 9.64 Å². The first kappa shape index (κ1) is 21.8. The number of nitro groups is 1. The molecule has 8 heteroatoms. The van der Waals surface area contributed by atoms with Gasteiger partial charge in [-0.15, -0.1) is 0 Å². The summed E-state index contributed by atoms with van der Waals surface area (Å²) in [6.07, 6.45) is 4.81. The summed E-state index contributed by atoms with van der Waals surface area (Å²) in [5.41, 5.74) is 1.25. The van der Waals surface area contributed by atoms with Crippen molar-refractivity contribution >= 4 is 11.4 Å². The zero-order chi connectivity index (χ0) is 22.2. The highest BCUT2D eigenvalue weighted by Gasteiger charge is 2.43. The third kappa shape index (κ3) is 4.21. The van der Waals surface area contributed by atoms with Crippen molar-refractivity contribution in [2.24, 2.45) is 5.41 Å². The Morgan fingerprint density at radius 3 is 2.68 bits per heavy atom. The van der Waals surface area contributed by atoms with Gasteiger partial charge in [-0.1, -0.05) is 0 Å².